The first kappa shape index (κ1) is 44.6. The summed E-state index contributed by atoms with van der Waals surface area (Å²) >= 11 is 6.44. The van der Waals surface area contributed by atoms with Crippen LogP contribution in [0, 0.1) is 5.41 Å². The van der Waals surface area contributed by atoms with Crippen molar-refractivity contribution in [1.82, 2.24) is 9.13 Å². The minimum absolute atomic E-state index is 0.0149. The van der Waals surface area contributed by atoms with Crippen molar-refractivity contribution in [3.05, 3.63) is 69.6 Å². The zero-order chi connectivity index (χ0) is 39.7. The smallest absolute Gasteiger partial charge is 0.335 e. The van der Waals surface area contributed by atoms with Crippen LogP contribution in [0.4, 0.5) is 11.4 Å². The maximum atomic E-state index is 14.0. The zero-order valence-electron chi connectivity index (χ0n) is 32.8. The molecule has 0 saturated heterocycles. The van der Waals surface area contributed by atoms with Gasteiger partial charge in [0.25, 0.3) is 17.7 Å². The Bertz CT molecular complexity index is 1800. The summed E-state index contributed by atoms with van der Waals surface area (Å²) < 4.78 is 36.0. The molecule has 3 aromatic rings. The van der Waals surface area contributed by atoms with Crippen molar-refractivity contribution in [2.75, 3.05) is 22.4 Å². The Morgan fingerprint density at radius 2 is 1.41 bits per heavy atom. The molecule has 1 amide bonds. The fraction of sp³-hybridized carbons (Fsp3) is 0.585. The van der Waals surface area contributed by atoms with Gasteiger partial charge in [0.05, 0.1) is 35.3 Å². The van der Waals surface area contributed by atoms with Crippen LogP contribution in [-0.4, -0.2) is 46.7 Å². The fourth-order valence-corrected chi connectivity index (χ4v) is 7.65. The van der Waals surface area contributed by atoms with Gasteiger partial charge in [-0.2, -0.15) is 0 Å². The number of aromatic hydroxyl groups is 1. The Morgan fingerprint density at radius 1 is 0.852 bits per heavy atom. The summed E-state index contributed by atoms with van der Waals surface area (Å²) in [5.41, 5.74) is -1.02. The number of ketones is 1. The fourth-order valence-electron chi connectivity index (χ4n) is 6.32. The van der Waals surface area contributed by atoms with E-state index in [1.165, 1.54) is 87.0 Å². The van der Waals surface area contributed by atoms with Crippen molar-refractivity contribution in [2.24, 2.45) is 5.41 Å². The van der Waals surface area contributed by atoms with Gasteiger partial charge in [0, 0.05) is 5.41 Å². The van der Waals surface area contributed by atoms with E-state index in [9.17, 15) is 27.9 Å². The molecule has 13 heteroatoms. The van der Waals surface area contributed by atoms with Gasteiger partial charge in [-0.3, -0.25) is 18.9 Å². The molecule has 1 heterocycles. The molecular formula is C41H61ClN4O7S. The number of amides is 1. The Kier molecular flexibility index (Phi) is 18.1. The van der Waals surface area contributed by atoms with Gasteiger partial charge in [-0.15, -0.1) is 0 Å². The third-order valence-electron chi connectivity index (χ3n) is 9.32. The second-order valence-corrected chi connectivity index (χ2v) is 17.3. The molecule has 0 fully saturated rings. The number of sulfonamides is 1. The standard InChI is InChI=1S/C41H61ClN4O7S/c1-6-8-9-10-11-12-13-14-15-16-17-18-19-23-28-54(51,52)44-32-26-27-33(42)34(29-32)43-37(48)35(36(47)41(3,4)5)46-38(49)39(53-7-2)45(40(46)50)30-31-24-21-20-22-25-31/h20-22,24-27,29,35,44,49H,6-19,23,28,30H2,1-5H3,(H,43,48). The van der Waals surface area contributed by atoms with E-state index in [-0.39, 0.29) is 41.2 Å². The summed E-state index contributed by atoms with van der Waals surface area (Å²) in [4.78, 5) is 41.7. The number of Topliss-reactive ketones (excluding diaryl/α,β-unsaturated/α-hetero) is 1. The molecule has 1 atom stereocenters. The lowest BCUT2D eigenvalue weighted by Crippen LogP contribution is -2.43. The molecule has 0 radical (unpaired) electrons. The average molecular weight is 789 g/mol. The number of halogens is 1. The van der Waals surface area contributed by atoms with Crippen LogP contribution < -0.4 is 20.5 Å². The number of carbonyl (C=O) groups is 2. The minimum Gasteiger partial charge on any atom is -0.491 e. The monoisotopic (exact) mass is 788 g/mol. The average Bonchev–Trinajstić information content (AvgIpc) is 3.33. The van der Waals surface area contributed by atoms with Crippen LogP contribution in [0.25, 0.3) is 0 Å². The lowest BCUT2D eigenvalue weighted by molar-refractivity contribution is -0.135. The number of unbranched alkanes of at least 4 members (excludes halogenated alkanes) is 13. The van der Waals surface area contributed by atoms with Crippen LogP contribution >= 0.6 is 11.6 Å². The summed E-state index contributed by atoms with van der Waals surface area (Å²) in [6.45, 7) is 8.84. The van der Waals surface area contributed by atoms with Gasteiger partial charge < -0.3 is 15.2 Å². The minimum atomic E-state index is -3.70. The van der Waals surface area contributed by atoms with Crippen LogP contribution in [0.3, 0.4) is 0 Å². The highest BCUT2D eigenvalue weighted by Gasteiger charge is 2.41. The lowest BCUT2D eigenvalue weighted by atomic mass is 9.86. The number of carbonyl (C=O) groups excluding carboxylic acids is 2. The van der Waals surface area contributed by atoms with Gasteiger partial charge in [-0.1, -0.05) is 153 Å². The molecular weight excluding hydrogens is 728 g/mol. The number of anilines is 2. The van der Waals surface area contributed by atoms with Crippen LogP contribution in [0.1, 0.15) is 136 Å². The van der Waals surface area contributed by atoms with Crippen molar-refractivity contribution >= 4 is 44.7 Å². The molecule has 0 bridgehead atoms. The number of nitrogens with one attached hydrogen (secondary N) is 2. The van der Waals surface area contributed by atoms with E-state index in [4.69, 9.17) is 16.3 Å². The third-order valence-corrected chi connectivity index (χ3v) is 11.0. The molecule has 3 N–H and O–H groups in total. The van der Waals surface area contributed by atoms with Crippen molar-refractivity contribution in [3.8, 4) is 11.8 Å². The third kappa shape index (κ3) is 13.8. The molecule has 1 aromatic heterocycles. The zero-order valence-corrected chi connectivity index (χ0v) is 34.4. The molecule has 300 valence electrons. The number of aromatic nitrogens is 2. The van der Waals surface area contributed by atoms with E-state index in [0.29, 0.717) is 6.42 Å². The summed E-state index contributed by atoms with van der Waals surface area (Å²) in [5, 5.41) is 14.0. The highest BCUT2D eigenvalue weighted by Crippen LogP contribution is 2.34. The maximum Gasteiger partial charge on any atom is 0.335 e. The molecule has 2 aromatic carbocycles. The van der Waals surface area contributed by atoms with Gasteiger partial charge in [0.2, 0.25) is 10.0 Å². The summed E-state index contributed by atoms with van der Waals surface area (Å²) in [6, 6.07) is 11.5. The van der Waals surface area contributed by atoms with Gasteiger partial charge in [0.15, 0.2) is 11.8 Å². The first-order valence-corrected chi connectivity index (χ1v) is 21.6. The molecule has 0 saturated carbocycles. The first-order chi connectivity index (χ1) is 25.7. The predicted molar refractivity (Wildman–Crippen MR) is 218 cm³/mol. The molecule has 3 rings (SSSR count). The Balaban J connectivity index is 1.66. The normalized spacial score (nSPS) is 12.4. The summed E-state index contributed by atoms with van der Waals surface area (Å²) in [6.07, 6.45) is 16.3. The van der Waals surface area contributed by atoms with Crippen LogP contribution in [0.5, 0.6) is 11.8 Å². The Labute approximate surface area is 326 Å². The van der Waals surface area contributed by atoms with Crippen LogP contribution in [-0.2, 0) is 26.2 Å². The second-order valence-electron chi connectivity index (χ2n) is 15.0. The number of nitrogens with zero attached hydrogens (tertiary/aromatic N) is 2. The van der Waals surface area contributed by atoms with Gasteiger partial charge in [0.1, 0.15) is 0 Å². The van der Waals surface area contributed by atoms with Crippen molar-refractivity contribution in [2.45, 2.75) is 137 Å². The van der Waals surface area contributed by atoms with Crippen LogP contribution in [0.15, 0.2) is 53.3 Å². The van der Waals surface area contributed by atoms with E-state index in [2.05, 4.69) is 17.0 Å². The van der Waals surface area contributed by atoms with E-state index in [1.807, 2.05) is 6.07 Å². The van der Waals surface area contributed by atoms with Gasteiger partial charge in [-0.05, 0) is 37.1 Å². The van der Waals surface area contributed by atoms with Gasteiger partial charge in [-0.25, -0.2) is 17.8 Å². The van der Waals surface area contributed by atoms with E-state index in [0.717, 1.165) is 29.4 Å². The Morgan fingerprint density at radius 3 is 1.94 bits per heavy atom. The number of imidazole rings is 1. The number of hydrogen-bond acceptors (Lipinski definition) is 7. The molecule has 54 heavy (non-hydrogen) atoms. The topological polar surface area (TPSA) is 149 Å². The van der Waals surface area contributed by atoms with E-state index >= 15 is 0 Å². The second kappa shape index (κ2) is 21.9. The molecule has 0 aliphatic carbocycles. The van der Waals surface area contributed by atoms with E-state index < -0.39 is 44.7 Å². The first-order valence-electron chi connectivity index (χ1n) is 19.6. The molecule has 0 aliphatic heterocycles. The highest BCUT2D eigenvalue weighted by molar-refractivity contribution is 7.92. The largest absolute Gasteiger partial charge is 0.491 e. The lowest BCUT2D eigenvalue weighted by Gasteiger charge is -2.25. The van der Waals surface area contributed by atoms with Crippen LogP contribution in [0.2, 0.25) is 5.02 Å². The number of ether oxygens (including phenoxy) is 1. The number of benzene rings is 2. The summed E-state index contributed by atoms with van der Waals surface area (Å²) in [5.74, 6) is -2.51. The quantitative estimate of drug-likeness (QED) is 0.0572. The number of hydrogen-bond donors (Lipinski definition) is 3. The van der Waals surface area contributed by atoms with E-state index in [1.54, 1.807) is 52.0 Å². The SMILES string of the molecule is CCCCCCCCCCCCCCCCS(=O)(=O)Nc1ccc(Cl)c(NC(=O)C(C(=O)C(C)(C)C)n2c(O)c(OCC)n(Cc3ccccc3)c2=O)c1. The van der Waals surface area contributed by atoms with Crippen molar-refractivity contribution in [3.63, 3.8) is 0 Å². The van der Waals surface area contributed by atoms with Crippen molar-refractivity contribution < 1.29 is 27.9 Å². The summed E-state index contributed by atoms with van der Waals surface area (Å²) in [7, 11) is -3.70. The molecule has 0 aliphatic rings. The number of rotatable bonds is 25. The molecule has 1 unspecified atom stereocenters. The maximum absolute atomic E-state index is 14.0. The molecule has 11 nitrogen and oxygen atoms in total. The highest BCUT2D eigenvalue weighted by atomic mass is 35.5. The molecule has 0 spiro atoms. The van der Waals surface area contributed by atoms with Crippen molar-refractivity contribution in [1.29, 1.82) is 0 Å². The Hall–Kier alpha value is -3.77. The predicted octanol–water partition coefficient (Wildman–Crippen LogP) is 9.47. The van der Waals surface area contributed by atoms with Gasteiger partial charge >= 0.3 is 5.69 Å².